The first kappa shape index (κ1) is 15.6. The molecule has 2 fully saturated rings. The molecule has 2 saturated heterocycles. The summed E-state index contributed by atoms with van der Waals surface area (Å²) in [5, 5.41) is 11.3. The number of carbonyl (C=O) groups is 3. The zero-order valence-corrected chi connectivity index (χ0v) is 12.4. The van der Waals surface area contributed by atoms with Gasteiger partial charge in [0.2, 0.25) is 5.91 Å². The van der Waals surface area contributed by atoms with Crippen molar-refractivity contribution in [1.82, 2.24) is 15.1 Å². The summed E-state index contributed by atoms with van der Waals surface area (Å²) in [7, 11) is 0. The summed E-state index contributed by atoms with van der Waals surface area (Å²) in [5.41, 5.74) is 0. The van der Waals surface area contributed by atoms with Crippen LogP contribution >= 0.6 is 0 Å². The minimum atomic E-state index is -1.05. The predicted molar refractivity (Wildman–Crippen MR) is 75.7 cm³/mol. The maximum atomic E-state index is 12.3. The summed E-state index contributed by atoms with van der Waals surface area (Å²) in [6.07, 6.45) is 3.56. The lowest BCUT2D eigenvalue weighted by Crippen LogP contribution is -2.51. The van der Waals surface area contributed by atoms with Gasteiger partial charge >= 0.3 is 12.0 Å². The van der Waals surface area contributed by atoms with E-state index in [2.05, 4.69) is 5.32 Å². The van der Waals surface area contributed by atoms with Crippen LogP contribution in [0.25, 0.3) is 0 Å². The van der Waals surface area contributed by atoms with Gasteiger partial charge in [0.1, 0.15) is 6.04 Å². The third kappa shape index (κ3) is 3.86. The Morgan fingerprint density at radius 2 is 1.71 bits per heavy atom. The SMILES string of the molecule is C[C@@H](NC(=O)C1CCCN(C(=O)N2CCCC2)C1)C(=O)O. The van der Waals surface area contributed by atoms with Crippen molar-refractivity contribution >= 4 is 17.9 Å². The summed E-state index contributed by atoms with van der Waals surface area (Å²) in [5.74, 6) is -1.64. The summed E-state index contributed by atoms with van der Waals surface area (Å²) >= 11 is 0. The van der Waals surface area contributed by atoms with E-state index in [0.29, 0.717) is 19.5 Å². The van der Waals surface area contributed by atoms with Crippen molar-refractivity contribution < 1.29 is 19.5 Å². The smallest absolute Gasteiger partial charge is 0.325 e. The molecular weight excluding hydrogens is 274 g/mol. The molecule has 2 aliphatic rings. The Hall–Kier alpha value is -1.79. The number of hydrogen-bond acceptors (Lipinski definition) is 3. The van der Waals surface area contributed by atoms with Crippen LogP contribution in [0.5, 0.6) is 0 Å². The molecule has 0 bridgehead atoms. The Balaban J connectivity index is 1.89. The van der Waals surface area contributed by atoms with Crippen LogP contribution in [0.15, 0.2) is 0 Å². The molecule has 0 aromatic carbocycles. The Morgan fingerprint density at radius 1 is 1.10 bits per heavy atom. The minimum Gasteiger partial charge on any atom is -0.480 e. The molecule has 2 aliphatic heterocycles. The van der Waals surface area contributed by atoms with Crippen molar-refractivity contribution in [2.75, 3.05) is 26.2 Å². The van der Waals surface area contributed by atoms with Crippen molar-refractivity contribution in [3.8, 4) is 0 Å². The van der Waals surface area contributed by atoms with Crippen LogP contribution in [0.3, 0.4) is 0 Å². The van der Waals surface area contributed by atoms with E-state index >= 15 is 0 Å². The summed E-state index contributed by atoms with van der Waals surface area (Å²) in [6, 6.07) is -0.890. The van der Waals surface area contributed by atoms with Crippen molar-refractivity contribution in [2.24, 2.45) is 5.92 Å². The van der Waals surface area contributed by atoms with Crippen LogP contribution in [-0.4, -0.2) is 65.0 Å². The molecule has 2 rings (SSSR count). The number of hydrogen-bond donors (Lipinski definition) is 2. The van der Waals surface area contributed by atoms with Crippen molar-refractivity contribution in [2.45, 2.75) is 38.6 Å². The van der Waals surface area contributed by atoms with Crippen LogP contribution in [-0.2, 0) is 9.59 Å². The lowest BCUT2D eigenvalue weighted by atomic mass is 9.97. The summed E-state index contributed by atoms with van der Waals surface area (Å²) < 4.78 is 0. The molecule has 7 heteroatoms. The largest absolute Gasteiger partial charge is 0.480 e. The number of carboxylic acid groups (broad SMARTS) is 1. The molecule has 0 aliphatic carbocycles. The molecule has 2 N–H and O–H groups in total. The molecular formula is C14H23N3O4. The number of nitrogens with one attached hydrogen (secondary N) is 1. The highest BCUT2D eigenvalue weighted by Crippen LogP contribution is 2.20. The first-order chi connectivity index (χ1) is 9.99. The molecule has 21 heavy (non-hydrogen) atoms. The molecule has 0 spiro atoms. The molecule has 2 heterocycles. The van der Waals surface area contributed by atoms with E-state index in [-0.39, 0.29) is 17.9 Å². The van der Waals surface area contributed by atoms with Gasteiger partial charge in [-0.1, -0.05) is 0 Å². The standard InChI is InChI=1S/C14H23N3O4/c1-10(13(19)20)15-12(18)11-5-4-8-17(9-11)14(21)16-6-2-3-7-16/h10-11H,2-9H2,1H3,(H,15,18)(H,19,20)/t10-,11?/m1/s1. The Labute approximate surface area is 124 Å². The fraction of sp³-hybridized carbons (Fsp3) is 0.786. The first-order valence-electron chi connectivity index (χ1n) is 7.56. The average Bonchev–Trinajstić information content (AvgIpc) is 3.00. The van der Waals surface area contributed by atoms with Crippen LogP contribution in [0.4, 0.5) is 4.79 Å². The minimum absolute atomic E-state index is 0.0104. The third-order valence-electron chi connectivity index (χ3n) is 4.17. The van der Waals surface area contributed by atoms with Crippen molar-refractivity contribution in [3.63, 3.8) is 0 Å². The van der Waals surface area contributed by atoms with E-state index in [4.69, 9.17) is 5.11 Å². The van der Waals surface area contributed by atoms with Gasteiger partial charge in [0.25, 0.3) is 0 Å². The fourth-order valence-corrected chi connectivity index (χ4v) is 2.87. The van der Waals surface area contributed by atoms with E-state index in [1.165, 1.54) is 6.92 Å². The molecule has 0 radical (unpaired) electrons. The normalized spacial score (nSPS) is 23.8. The number of aliphatic carboxylic acids is 1. The zero-order chi connectivity index (χ0) is 15.4. The van der Waals surface area contributed by atoms with Gasteiger partial charge in [-0.3, -0.25) is 9.59 Å². The topological polar surface area (TPSA) is 90.0 Å². The highest BCUT2D eigenvalue weighted by atomic mass is 16.4. The summed E-state index contributed by atoms with van der Waals surface area (Å²) in [6.45, 7) is 4.09. The van der Waals surface area contributed by atoms with Crippen molar-refractivity contribution in [3.05, 3.63) is 0 Å². The number of rotatable bonds is 3. The Bertz CT molecular complexity index is 420. The van der Waals surface area contributed by atoms with E-state index in [0.717, 1.165) is 32.4 Å². The molecule has 0 saturated carbocycles. The number of nitrogens with zero attached hydrogens (tertiary/aromatic N) is 2. The molecule has 7 nitrogen and oxygen atoms in total. The molecule has 3 amide bonds. The molecule has 0 aromatic heterocycles. The number of urea groups is 1. The molecule has 118 valence electrons. The third-order valence-corrected chi connectivity index (χ3v) is 4.17. The second kappa shape index (κ2) is 6.78. The van der Waals surface area contributed by atoms with Gasteiger partial charge < -0.3 is 20.2 Å². The van der Waals surface area contributed by atoms with E-state index in [1.807, 2.05) is 4.90 Å². The van der Waals surface area contributed by atoms with Gasteiger partial charge in [-0.15, -0.1) is 0 Å². The van der Waals surface area contributed by atoms with Crippen LogP contribution < -0.4 is 5.32 Å². The first-order valence-corrected chi connectivity index (χ1v) is 7.56. The Kier molecular flexibility index (Phi) is 5.03. The maximum absolute atomic E-state index is 12.3. The van der Waals surface area contributed by atoms with Gasteiger partial charge in [0.05, 0.1) is 5.92 Å². The van der Waals surface area contributed by atoms with E-state index in [9.17, 15) is 14.4 Å². The lowest BCUT2D eigenvalue weighted by Gasteiger charge is -2.34. The number of carboxylic acids is 1. The highest BCUT2D eigenvalue weighted by molar-refractivity contribution is 5.85. The molecule has 1 unspecified atom stereocenters. The monoisotopic (exact) mass is 297 g/mol. The fourth-order valence-electron chi connectivity index (χ4n) is 2.87. The number of carbonyl (C=O) groups excluding carboxylic acids is 2. The van der Waals surface area contributed by atoms with Gasteiger partial charge in [-0.25, -0.2) is 4.79 Å². The lowest BCUT2D eigenvalue weighted by molar-refractivity contribution is -0.142. The van der Waals surface area contributed by atoms with Gasteiger partial charge in [0, 0.05) is 26.2 Å². The molecule has 2 atom stereocenters. The average molecular weight is 297 g/mol. The number of amides is 3. The quantitative estimate of drug-likeness (QED) is 0.794. The van der Waals surface area contributed by atoms with E-state index in [1.54, 1.807) is 4.90 Å². The van der Waals surface area contributed by atoms with Crippen LogP contribution in [0.2, 0.25) is 0 Å². The summed E-state index contributed by atoms with van der Waals surface area (Å²) in [4.78, 5) is 38.7. The highest BCUT2D eigenvalue weighted by Gasteiger charge is 2.32. The predicted octanol–water partition coefficient (Wildman–Crippen LogP) is 0.504. The van der Waals surface area contributed by atoms with Gasteiger partial charge in [-0.05, 0) is 32.6 Å². The molecule has 0 aromatic rings. The van der Waals surface area contributed by atoms with Gasteiger partial charge in [0.15, 0.2) is 0 Å². The Morgan fingerprint density at radius 3 is 2.33 bits per heavy atom. The van der Waals surface area contributed by atoms with Crippen molar-refractivity contribution in [1.29, 1.82) is 0 Å². The number of piperidine rings is 1. The second-order valence-electron chi connectivity index (χ2n) is 5.83. The van der Waals surface area contributed by atoms with Gasteiger partial charge in [-0.2, -0.15) is 0 Å². The number of likely N-dealkylation sites (tertiary alicyclic amines) is 2. The second-order valence-corrected chi connectivity index (χ2v) is 5.83. The van der Waals surface area contributed by atoms with E-state index < -0.39 is 12.0 Å². The van der Waals surface area contributed by atoms with Crippen LogP contribution in [0.1, 0.15) is 32.6 Å². The zero-order valence-electron chi connectivity index (χ0n) is 12.4. The van der Waals surface area contributed by atoms with Crippen LogP contribution in [0, 0.1) is 5.92 Å². The maximum Gasteiger partial charge on any atom is 0.325 e.